The summed E-state index contributed by atoms with van der Waals surface area (Å²) in [5, 5.41) is 0.103. The predicted octanol–water partition coefficient (Wildman–Crippen LogP) is -0.678. The summed E-state index contributed by atoms with van der Waals surface area (Å²) in [4.78, 5) is 2.01. The van der Waals surface area contributed by atoms with Gasteiger partial charge in [0.15, 0.2) is 5.11 Å². The molecule has 0 aromatic rings. The Morgan fingerprint density at radius 2 is 1.86 bits per heavy atom. The van der Waals surface area contributed by atoms with Crippen molar-refractivity contribution >= 4 is 48.0 Å². The first-order valence-corrected chi connectivity index (χ1v) is 1.72. The van der Waals surface area contributed by atoms with E-state index in [-0.39, 0.29) is 41.0 Å². The minimum atomic E-state index is 0. The summed E-state index contributed by atoms with van der Waals surface area (Å²) in [5.74, 6) is 0. The van der Waals surface area contributed by atoms with Gasteiger partial charge in [0, 0.05) is 28.8 Å². The van der Waals surface area contributed by atoms with Crippen LogP contribution in [0.5, 0.6) is 0 Å². The average Bonchev–Trinajstić information content (AvgIpc) is 1.38. The number of hydrogen-bond acceptors (Lipinski definition) is 1. The van der Waals surface area contributed by atoms with Gasteiger partial charge in [-0.1, -0.05) is 0 Å². The molecule has 0 bridgehead atoms. The van der Waals surface area contributed by atoms with E-state index in [0.717, 1.165) is 0 Å². The van der Waals surface area contributed by atoms with Gasteiger partial charge < -0.3 is 5.73 Å². The number of nitrogens with two attached hydrogens (primary N) is 1. The standard InChI is InChI=1S/CH3ClN2S.Fe.Li.H/c2-4-1(3)5;;;/h(H3,3,4,5);;;. The van der Waals surface area contributed by atoms with Crippen LogP contribution in [-0.2, 0) is 17.1 Å². The quantitative estimate of drug-likeness (QED) is 0.290. The first-order valence-electron chi connectivity index (χ1n) is 0.932. The van der Waals surface area contributed by atoms with Crippen LogP contribution in [0.4, 0.5) is 0 Å². The van der Waals surface area contributed by atoms with E-state index in [4.69, 9.17) is 17.5 Å². The fraction of sp³-hybridized carbons (Fsp3) is 0. The molecule has 0 aliphatic rings. The van der Waals surface area contributed by atoms with Gasteiger partial charge >= 0.3 is 18.9 Å². The molecule has 0 saturated carbocycles. The Labute approximate surface area is 75.3 Å². The molecule has 0 atom stereocenters. The second-order valence-electron chi connectivity index (χ2n) is 0.459. The molecule has 0 aromatic heterocycles. The van der Waals surface area contributed by atoms with Crippen LogP contribution >= 0.6 is 24.0 Å². The van der Waals surface area contributed by atoms with Gasteiger partial charge in [0.2, 0.25) is 0 Å². The molecule has 3 N–H and O–H groups in total. The van der Waals surface area contributed by atoms with Crippen LogP contribution in [0.3, 0.4) is 0 Å². The third-order valence-corrected chi connectivity index (χ3v) is 0.511. The van der Waals surface area contributed by atoms with Gasteiger partial charge in [-0.2, -0.15) is 0 Å². The van der Waals surface area contributed by atoms with Crippen LogP contribution in [0.2, 0.25) is 0 Å². The Morgan fingerprint density at radius 1 is 1.71 bits per heavy atom. The maximum absolute atomic E-state index is 4.82. The van der Waals surface area contributed by atoms with Crippen molar-refractivity contribution in [3.8, 4) is 0 Å². The monoisotopic (exact) mass is 174 g/mol. The van der Waals surface area contributed by atoms with Crippen molar-refractivity contribution in [3.05, 3.63) is 0 Å². The van der Waals surface area contributed by atoms with Gasteiger partial charge in [-0.3, -0.25) is 4.84 Å². The Bertz CT molecular complexity index is 53.0. The second kappa shape index (κ2) is 10.2. The second-order valence-corrected chi connectivity index (χ2v) is 1.09. The number of thiocarbonyl (C=S) groups is 1. The van der Waals surface area contributed by atoms with E-state index in [1.54, 1.807) is 0 Å². The molecule has 0 radical (unpaired) electrons. The number of nitrogens with one attached hydrogen (secondary N) is 1. The van der Waals surface area contributed by atoms with Crippen molar-refractivity contribution in [2.24, 2.45) is 5.73 Å². The van der Waals surface area contributed by atoms with Gasteiger partial charge in [0.1, 0.15) is 0 Å². The molecule has 2 nitrogen and oxygen atoms in total. The molecule has 0 aliphatic carbocycles. The summed E-state index contributed by atoms with van der Waals surface area (Å²) in [7, 11) is 0. The Kier molecular flexibility index (Phi) is 22.8. The van der Waals surface area contributed by atoms with E-state index >= 15 is 0 Å². The Hall–Kier alpha value is 1.10. The molecule has 0 fully saturated rings. The molecular weight excluding hydrogens is 170 g/mol. The minimum absolute atomic E-state index is 0. The summed E-state index contributed by atoms with van der Waals surface area (Å²) < 4.78 is 0. The van der Waals surface area contributed by atoms with Crippen molar-refractivity contribution in [1.29, 1.82) is 0 Å². The summed E-state index contributed by atoms with van der Waals surface area (Å²) in [6, 6.07) is 0. The molecule has 0 unspecified atom stereocenters. The average molecular weight is 174 g/mol. The van der Waals surface area contributed by atoms with Gasteiger partial charge in [-0.25, -0.2) is 0 Å². The fourth-order valence-corrected chi connectivity index (χ4v) is 0. The molecule has 0 spiro atoms. The number of halogens is 1. The van der Waals surface area contributed by atoms with Crippen LogP contribution in [0.15, 0.2) is 0 Å². The first kappa shape index (κ1) is 15.7. The van der Waals surface area contributed by atoms with E-state index in [9.17, 15) is 0 Å². The molecule has 0 saturated heterocycles. The molecule has 40 valence electrons. The third kappa shape index (κ3) is 19.2. The first-order chi connectivity index (χ1) is 2.27. The SMILES string of the molecule is NC(=S)NCl.[Fe].[LiH]. The van der Waals surface area contributed by atoms with Crippen LogP contribution in [0.25, 0.3) is 0 Å². The molecule has 0 rings (SSSR count). The summed E-state index contributed by atoms with van der Waals surface area (Å²) in [6.07, 6.45) is 0. The van der Waals surface area contributed by atoms with Crippen LogP contribution < -0.4 is 10.6 Å². The predicted molar refractivity (Wildman–Crippen MR) is 32.9 cm³/mol. The van der Waals surface area contributed by atoms with E-state index in [1.807, 2.05) is 4.84 Å². The summed E-state index contributed by atoms with van der Waals surface area (Å²) in [5.41, 5.74) is 4.78. The molecule has 0 aromatic carbocycles. The van der Waals surface area contributed by atoms with Crippen molar-refractivity contribution in [1.82, 2.24) is 4.84 Å². The summed E-state index contributed by atoms with van der Waals surface area (Å²) in [6.45, 7) is 0. The maximum atomic E-state index is 4.82. The van der Waals surface area contributed by atoms with Crippen molar-refractivity contribution in [2.45, 2.75) is 0 Å². The topological polar surface area (TPSA) is 38.0 Å². The van der Waals surface area contributed by atoms with Gasteiger partial charge in [0.05, 0.1) is 0 Å². The van der Waals surface area contributed by atoms with E-state index in [1.165, 1.54) is 0 Å². The van der Waals surface area contributed by atoms with Crippen molar-refractivity contribution in [2.75, 3.05) is 0 Å². The number of rotatable bonds is 0. The molecule has 0 amide bonds. The zero-order valence-corrected chi connectivity index (χ0v) is 5.39. The zero-order chi connectivity index (χ0) is 4.28. The fourth-order valence-electron chi connectivity index (χ4n) is 0. The van der Waals surface area contributed by atoms with E-state index in [0.29, 0.717) is 0 Å². The van der Waals surface area contributed by atoms with Gasteiger partial charge in [-0.05, 0) is 12.2 Å². The van der Waals surface area contributed by atoms with Crippen molar-refractivity contribution < 1.29 is 17.1 Å². The summed E-state index contributed by atoms with van der Waals surface area (Å²) >= 11 is 9.05. The Balaban J connectivity index is -0.0000000800. The van der Waals surface area contributed by atoms with Crippen molar-refractivity contribution in [3.63, 3.8) is 0 Å². The zero-order valence-electron chi connectivity index (χ0n) is 2.72. The van der Waals surface area contributed by atoms with Crippen LogP contribution in [-0.4, -0.2) is 24.0 Å². The molecule has 6 heteroatoms. The molecular formula is CH4ClFeLiN2S. The van der Waals surface area contributed by atoms with Gasteiger partial charge in [-0.15, -0.1) is 0 Å². The number of hydrogen-bond donors (Lipinski definition) is 2. The Morgan fingerprint density at radius 3 is 1.86 bits per heavy atom. The van der Waals surface area contributed by atoms with E-state index in [2.05, 4.69) is 12.2 Å². The van der Waals surface area contributed by atoms with Crippen LogP contribution in [0.1, 0.15) is 0 Å². The normalized spacial score (nSPS) is 4.71. The van der Waals surface area contributed by atoms with Gasteiger partial charge in [0.25, 0.3) is 0 Å². The third-order valence-electron chi connectivity index (χ3n) is 0.0931. The molecule has 7 heavy (non-hydrogen) atoms. The molecule has 0 heterocycles. The van der Waals surface area contributed by atoms with Crippen LogP contribution in [0, 0.1) is 0 Å². The molecule has 0 aliphatic heterocycles. The van der Waals surface area contributed by atoms with E-state index < -0.39 is 0 Å².